The number of hydrogen-bond donors (Lipinski definition) is 1. The topological polar surface area (TPSA) is 82.2 Å². The number of piperazine rings is 1. The van der Waals surface area contributed by atoms with Crippen molar-refractivity contribution in [2.75, 3.05) is 42.9 Å². The summed E-state index contributed by atoms with van der Waals surface area (Å²) >= 11 is 0. The Morgan fingerprint density at radius 3 is 2.11 bits per heavy atom. The molecule has 2 aromatic rings. The maximum Gasteiger partial charge on any atom is 0.410 e. The van der Waals surface area contributed by atoms with E-state index in [4.69, 9.17) is 4.74 Å². The third-order valence-electron chi connectivity index (χ3n) is 6.31. The van der Waals surface area contributed by atoms with Crippen LogP contribution in [0.1, 0.15) is 45.0 Å². The van der Waals surface area contributed by atoms with Crippen molar-refractivity contribution in [3.63, 3.8) is 0 Å². The first kappa shape index (κ1) is 24.6. The molecule has 1 fully saturated rings. The second-order valence-electron chi connectivity index (χ2n) is 10.2. The Labute approximate surface area is 206 Å². The van der Waals surface area contributed by atoms with Crippen molar-refractivity contribution in [2.24, 2.45) is 0 Å². The molecule has 2 aliphatic heterocycles. The molecule has 8 heteroatoms. The lowest BCUT2D eigenvalue weighted by molar-refractivity contribution is -0.117. The SMILES string of the molecule is CC(=O)N1c2ccc(-c3ccc(C(=O)N4CCN(C(=O)OC(C)(C)C)CC4)cc3)cc2NCC1C. The lowest BCUT2D eigenvalue weighted by atomic mass is 10.0. The smallest absolute Gasteiger partial charge is 0.410 e. The third kappa shape index (κ3) is 5.42. The molecule has 0 bridgehead atoms. The third-order valence-corrected chi connectivity index (χ3v) is 6.31. The number of rotatable bonds is 2. The number of hydrogen-bond acceptors (Lipinski definition) is 5. The van der Waals surface area contributed by atoms with Crippen molar-refractivity contribution >= 4 is 29.3 Å². The highest BCUT2D eigenvalue weighted by Crippen LogP contribution is 2.35. The normalized spacial score (nSPS) is 18.0. The van der Waals surface area contributed by atoms with E-state index in [0.29, 0.717) is 38.3 Å². The summed E-state index contributed by atoms with van der Waals surface area (Å²) in [6, 6.07) is 13.7. The van der Waals surface area contributed by atoms with Gasteiger partial charge in [0.15, 0.2) is 0 Å². The summed E-state index contributed by atoms with van der Waals surface area (Å²) in [5, 5.41) is 3.41. The molecule has 2 aromatic carbocycles. The molecule has 0 radical (unpaired) electrons. The Morgan fingerprint density at radius 1 is 0.914 bits per heavy atom. The first-order chi connectivity index (χ1) is 16.5. The van der Waals surface area contributed by atoms with Gasteiger partial charge in [0.2, 0.25) is 5.91 Å². The van der Waals surface area contributed by atoms with Crippen LogP contribution in [0.15, 0.2) is 42.5 Å². The molecule has 0 saturated carbocycles. The van der Waals surface area contributed by atoms with Crippen LogP contribution in [0, 0.1) is 0 Å². The van der Waals surface area contributed by atoms with Crippen LogP contribution in [-0.4, -0.2) is 72.1 Å². The van der Waals surface area contributed by atoms with Crippen LogP contribution < -0.4 is 10.2 Å². The van der Waals surface area contributed by atoms with Crippen molar-refractivity contribution in [3.05, 3.63) is 48.0 Å². The average Bonchev–Trinajstić information content (AvgIpc) is 2.82. The number of carbonyl (C=O) groups is 3. The zero-order valence-electron chi connectivity index (χ0n) is 21.1. The monoisotopic (exact) mass is 478 g/mol. The van der Waals surface area contributed by atoms with E-state index in [1.165, 1.54) is 0 Å². The summed E-state index contributed by atoms with van der Waals surface area (Å²) in [4.78, 5) is 42.6. The minimum absolute atomic E-state index is 0.0304. The molecule has 8 nitrogen and oxygen atoms in total. The van der Waals surface area contributed by atoms with E-state index in [1.54, 1.807) is 16.7 Å². The number of fused-ring (bicyclic) bond motifs is 1. The van der Waals surface area contributed by atoms with Gasteiger partial charge in [0, 0.05) is 45.2 Å². The lowest BCUT2D eigenvalue weighted by Gasteiger charge is -2.35. The number of nitrogens with one attached hydrogen (secondary N) is 1. The molecule has 3 amide bonds. The standard InChI is InChI=1S/C27H34N4O4/c1-18-17-28-23-16-22(10-11-24(23)31(18)19(2)32)20-6-8-21(9-7-20)25(33)29-12-14-30(15-13-29)26(34)35-27(3,4)5/h6-11,16,18,28H,12-15,17H2,1-5H3. The van der Waals surface area contributed by atoms with E-state index in [1.807, 2.05) is 75.1 Å². The summed E-state index contributed by atoms with van der Waals surface area (Å²) in [5.41, 5.74) is 3.90. The molecule has 1 N–H and O–H groups in total. The summed E-state index contributed by atoms with van der Waals surface area (Å²) in [7, 11) is 0. The van der Waals surface area contributed by atoms with E-state index < -0.39 is 5.60 Å². The number of ether oxygens (including phenoxy) is 1. The van der Waals surface area contributed by atoms with Gasteiger partial charge in [0.25, 0.3) is 5.91 Å². The molecule has 1 saturated heterocycles. The van der Waals surface area contributed by atoms with Crippen molar-refractivity contribution in [2.45, 2.75) is 46.3 Å². The number of benzene rings is 2. The Hall–Kier alpha value is -3.55. The molecule has 0 aromatic heterocycles. The van der Waals surface area contributed by atoms with Crippen molar-refractivity contribution in [1.29, 1.82) is 0 Å². The molecule has 2 heterocycles. The summed E-state index contributed by atoms with van der Waals surface area (Å²) in [5.74, 6) is -0.0126. The molecule has 186 valence electrons. The van der Waals surface area contributed by atoms with Gasteiger partial charge in [-0.25, -0.2) is 4.79 Å². The van der Waals surface area contributed by atoms with Crippen molar-refractivity contribution in [3.8, 4) is 11.1 Å². The zero-order chi connectivity index (χ0) is 25.3. The minimum Gasteiger partial charge on any atom is -0.444 e. The largest absolute Gasteiger partial charge is 0.444 e. The summed E-state index contributed by atoms with van der Waals surface area (Å²) < 4.78 is 5.43. The minimum atomic E-state index is -0.537. The number of amides is 3. The Morgan fingerprint density at radius 2 is 1.51 bits per heavy atom. The van der Waals surface area contributed by atoms with E-state index >= 15 is 0 Å². The van der Waals surface area contributed by atoms with Gasteiger partial charge in [-0.3, -0.25) is 9.59 Å². The van der Waals surface area contributed by atoms with Crippen LogP contribution in [0.3, 0.4) is 0 Å². The van der Waals surface area contributed by atoms with Crippen LogP contribution >= 0.6 is 0 Å². The second kappa shape index (κ2) is 9.60. The van der Waals surface area contributed by atoms with Crippen molar-refractivity contribution in [1.82, 2.24) is 9.80 Å². The van der Waals surface area contributed by atoms with Gasteiger partial charge in [0.1, 0.15) is 5.60 Å². The number of nitrogens with zero attached hydrogens (tertiary/aromatic N) is 3. The average molecular weight is 479 g/mol. The van der Waals surface area contributed by atoms with E-state index in [2.05, 4.69) is 5.32 Å². The molecule has 0 aliphatic carbocycles. The molecule has 0 spiro atoms. The molecule has 4 rings (SSSR count). The first-order valence-corrected chi connectivity index (χ1v) is 12.1. The number of anilines is 2. The van der Waals surface area contributed by atoms with Crippen LogP contribution in [-0.2, 0) is 9.53 Å². The molecule has 1 atom stereocenters. The molecular formula is C27H34N4O4. The van der Waals surface area contributed by atoms with E-state index in [0.717, 1.165) is 22.5 Å². The van der Waals surface area contributed by atoms with Crippen LogP contribution in [0.25, 0.3) is 11.1 Å². The highest BCUT2D eigenvalue weighted by molar-refractivity contribution is 5.98. The van der Waals surface area contributed by atoms with Gasteiger partial charge in [-0.15, -0.1) is 0 Å². The Kier molecular flexibility index (Phi) is 6.74. The van der Waals surface area contributed by atoms with Crippen LogP contribution in [0.4, 0.5) is 16.2 Å². The van der Waals surface area contributed by atoms with Gasteiger partial charge in [-0.1, -0.05) is 18.2 Å². The predicted octanol–water partition coefficient (Wildman–Crippen LogP) is 4.21. The predicted molar refractivity (Wildman–Crippen MR) is 137 cm³/mol. The zero-order valence-corrected chi connectivity index (χ0v) is 21.1. The van der Waals surface area contributed by atoms with Gasteiger partial charge in [0.05, 0.1) is 17.4 Å². The summed E-state index contributed by atoms with van der Waals surface area (Å²) in [6.07, 6.45) is -0.339. The number of carbonyl (C=O) groups excluding carboxylic acids is 3. The lowest BCUT2D eigenvalue weighted by Crippen LogP contribution is -2.51. The van der Waals surface area contributed by atoms with E-state index in [-0.39, 0.29) is 23.9 Å². The van der Waals surface area contributed by atoms with Crippen LogP contribution in [0.5, 0.6) is 0 Å². The van der Waals surface area contributed by atoms with Gasteiger partial charge < -0.3 is 24.8 Å². The van der Waals surface area contributed by atoms with E-state index in [9.17, 15) is 14.4 Å². The molecule has 2 aliphatic rings. The highest BCUT2D eigenvalue weighted by Gasteiger charge is 2.28. The fourth-order valence-corrected chi connectivity index (χ4v) is 4.54. The van der Waals surface area contributed by atoms with Gasteiger partial charge in [-0.2, -0.15) is 0 Å². The quantitative estimate of drug-likeness (QED) is 0.699. The maximum absolute atomic E-state index is 13.0. The van der Waals surface area contributed by atoms with Crippen molar-refractivity contribution < 1.29 is 19.1 Å². The second-order valence-corrected chi connectivity index (χ2v) is 10.2. The van der Waals surface area contributed by atoms with Crippen LogP contribution in [0.2, 0.25) is 0 Å². The highest BCUT2D eigenvalue weighted by atomic mass is 16.6. The van der Waals surface area contributed by atoms with Gasteiger partial charge in [-0.05, 0) is 63.1 Å². The first-order valence-electron chi connectivity index (χ1n) is 12.1. The molecule has 35 heavy (non-hydrogen) atoms. The molecular weight excluding hydrogens is 444 g/mol. The molecule has 1 unspecified atom stereocenters. The maximum atomic E-state index is 13.0. The fourth-order valence-electron chi connectivity index (χ4n) is 4.54. The summed E-state index contributed by atoms with van der Waals surface area (Å²) in [6.45, 7) is 11.7. The Balaban J connectivity index is 1.41. The fraction of sp³-hybridized carbons (Fsp3) is 0.444. The Bertz CT molecular complexity index is 1110. The van der Waals surface area contributed by atoms with Gasteiger partial charge >= 0.3 is 6.09 Å².